The van der Waals surface area contributed by atoms with Crippen molar-refractivity contribution < 1.29 is 37.1 Å². The van der Waals surface area contributed by atoms with Gasteiger partial charge in [0.05, 0.1) is 5.41 Å². The van der Waals surface area contributed by atoms with Crippen molar-refractivity contribution >= 4 is 28.7 Å². The number of aromatic nitrogens is 1. The topological polar surface area (TPSA) is 115 Å². The maximum absolute atomic E-state index is 13.4. The number of hydrogen-bond donors (Lipinski definition) is 4. The molecule has 2 aliphatic heterocycles. The number of carboxylic acid groups (broad SMARTS) is 1. The molecule has 0 aliphatic carbocycles. The van der Waals surface area contributed by atoms with E-state index in [1.165, 1.54) is 12.1 Å². The normalized spacial score (nSPS) is 19.5. The van der Waals surface area contributed by atoms with Crippen LogP contribution in [0.25, 0.3) is 10.9 Å². The Labute approximate surface area is 227 Å². The van der Waals surface area contributed by atoms with Crippen LogP contribution < -0.4 is 10.6 Å². The molecular weight excluding hydrogens is 532 g/mol. The number of likely N-dealkylation sites (tertiary alicyclic amines) is 1. The number of carboxylic acids is 1. The van der Waals surface area contributed by atoms with Crippen LogP contribution in [0.2, 0.25) is 0 Å². The fraction of sp³-hybridized carbons (Fsp3) is 0.393. The lowest BCUT2D eigenvalue weighted by Crippen LogP contribution is -2.49. The molecular formula is C28H30F4N4O4. The number of nitrogens with zero attached hydrogens (tertiary/aromatic N) is 1. The highest BCUT2D eigenvalue weighted by Crippen LogP contribution is 2.47. The monoisotopic (exact) mass is 562 g/mol. The van der Waals surface area contributed by atoms with E-state index in [0.29, 0.717) is 12.2 Å². The van der Waals surface area contributed by atoms with Crippen LogP contribution in [-0.2, 0) is 9.59 Å². The number of benzene rings is 2. The van der Waals surface area contributed by atoms with E-state index < -0.39 is 17.6 Å². The van der Waals surface area contributed by atoms with Crippen LogP contribution in [0.5, 0.6) is 0 Å². The van der Waals surface area contributed by atoms with E-state index in [9.17, 15) is 27.2 Å². The molecule has 3 aromatic rings. The van der Waals surface area contributed by atoms with Crippen LogP contribution in [0.4, 0.5) is 17.6 Å². The summed E-state index contributed by atoms with van der Waals surface area (Å²) in [5.74, 6) is -2.96. The minimum atomic E-state index is -5.08. The van der Waals surface area contributed by atoms with Gasteiger partial charge in [-0.25, -0.2) is 9.18 Å². The van der Waals surface area contributed by atoms with E-state index in [1.54, 1.807) is 12.1 Å². The van der Waals surface area contributed by atoms with Gasteiger partial charge in [0.15, 0.2) is 0 Å². The van der Waals surface area contributed by atoms with Crippen LogP contribution >= 0.6 is 0 Å². The summed E-state index contributed by atoms with van der Waals surface area (Å²) in [6.45, 7) is 4.91. The number of aliphatic carboxylic acids is 1. The number of H-pyrrole nitrogens is 1. The van der Waals surface area contributed by atoms with Gasteiger partial charge in [-0.2, -0.15) is 13.2 Å². The summed E-state index contributed by atoms with van der Waals surface area (Å²) in [5, 5.41) is 14.3. The number of para-hydroxylation sites is 1. The number of piperidine rings is 1. The summed E-state index contributed by atoms with van der Waals surface area (Å²) in [7, 11) is 0. The number of nitrogens with one attached hydrogen (secondary N) is 3. The van der Waals surface area contributed by atoms with Crippen molar-refractivity contribution in [3.05, 3.63) is 71.7 Å². The minimum absolute atomic E-state index is 0.0248. The van der Waals surface area contributed by atoms with Gasteiger partial charge in [0.1, 0.15) is 11.5 Å². The molecule has 40 heavy (non-hydrogen) atoms. The van der Waals surface area contributed by atoms with Gasteiger partial charge < -0.3 is 25.6 Å². The fourth-order valence-corrected chi connectivity index (χ4v) is 5.50. The van der Waals surface area contributed by atoms with Crippen LogP contribution in [0, 0.1) is 11.2 Å². The summed E-state index contributed by atoms with van der Waals surface area (Å²) in [4.78, 5) is 39.9. The number of halogens is 4. The molecule has 2 fully saturated rings. The third-order valence-electron chi connectivity index (χ3n) is 7.53. The smallest absolute Gasteiger partial charge is 0.475 e. The maximum Gasteiger partial charge on any atom is 0.490 e. The third kappa shape index (κ3) is 6.44. The summed E-state index contributed by atoms with van der Waals surface area (Å²) in [6, 6.07) is 16.2. The molecule has 0 saturated carbocycles. The molecule has 3 heterocycles. The Balaban J connectivity index is 0.000000470. The molecule has 0 radical (unpaired) electrons. The summed E-state index contributed by atoms with van der Waals surface area (Å²) < 4.78 is 45.1. The number of carbonyl (C=O) groups is 3. The maximum atomic E-state index is 13.4. The van der Waals surface area contributed by atoms with E-state index in [-0.39, 0.29) is 29.6 Å². The zero-order chi connectivity index (χ0) is 29.1. The van der Waals surface area contributed by atoms with Gasteiger partial charge in [0.2, 0.25) is 5.91 Å². The molecule has 0 bridgehead atoms. The zero-order valence-electron chi connectivity index (χ0n) is 21.7. The van der Waals surface area contributed by atoms with Gasteiger partial charge in [-0.1, -0.05) is 30.3 Å². The second-order valence-electron chi connectivity index (χ2n) is 10.2. The van der Waals surface area contributed by atoms with Gasteiger partial charge in [-0.3, -0.25) is 9.59 Å². The average molecular weight is 563 g/mol. The standard InChI is InChI=1S/C26H29FN4O2.C2HF3O2/c1-17(29-24(32)23-14-19-4-2-3-5-22(19)30-23)16-31-12-10-26(11-13-31)21(15-28-25(26)33)18-6-8-20(27)9-7-18;3-2(4,5)1(6)7/h2-9,14,17,21,30H,10-13,15-16H2,1H3,(H,28,33)(H,29,32);(H,6,7). The predicted octanol–water partition coefficient (Wildman–Crippen LogP) is 4.05. The molecule has 2 aromatic carbocycles. The van der Waals surface area contributed by atoms with Crippen molar-refractivity contribution in [3.8, 4) is 0 Å². The van der Waals surface area contributed by atoms with Gasteiger partial charge >= 0.3 is 12.1 Å². The summed E-state index contributed by atoms with van der Waals surface area (Å²) in [5.41, 5.74) is 2.08. The Hall–Kier alpha value is -3.93. The molecule has 2 atom stereocenters. The first-order valence-corrected chi connectivity index (χ1v) is 12.8. The van der Waals surface area contributed by atoms with E-state index in [0.717, 1.165) is 48.9 Å². The molecule has 2 aliphatic rings. The first kappa shape index (κ1) is 29.1. The van der Waals surface area contributed by atoms with Crippen LogP contribution in [-0.4, -0.2) is 71.2 Å². The SMILES string of the molecule is CC(CN1CCC2(CC1)C(=O)NCC2c1ccc(F)cc1)NC(=O)c1cc2ccccc2[nH]1.O=C(O)C(F)(F)F. The minimum Gasteiger partial charge on any atom is -0.475 e. The lowest BCUT2D eigenvalue weighted by Gasteiger charge is -2.41. The highest BCUT2D eigenvalue weighted by atomic mass is 19.4. The van der Waals surface area contributed by atoms with Crippen molar-refractivity contribution in [1.82, 2.24) is 20.5 Å². The molecule has 2 amide bonds. The van der Waals surface area contributed by atoms with Crippen LogP contribution in [0.1, 0.15) is 41.7 Å². The highest BCUT2D eigenvalue weighted by molar-refractivity contribution is 5.98. The largest absolute Gasteiger partial charge is 0.490 e. The van der Waals surface area contributed by atoms with Gasteiger partial charge in [-0.05, 0) is 62.7 Å². The average Bonchev–Trinajstić information content (AvgIpc) is 3.47. The van der Waals surface area contributed by atoms with Gasteiger partial charge in [0.25, 0.3) is 5.91 Å². The summed E-state index contributed by atoms with van der Waals surface area (Å²) in [6.07, 6.45) is -3.58. The molecule has 2 saturated heterocycles. The molecule has 5 rings (SSSR count). The van der Waals surface area contributed by atoms with Crippen molar-refractivity contribution in [2.45, 2.75) is 37.9 Å². The fourth-order valence-electron chi connectivity index (χ4n) is 5.50. The van der Waals surface area contributed by atoms with Gasteiger partial charge in [-0.15, -0.1) is 0 Å². The molecule has 12 heteroatoms. The van der Waals surface area contributed by atoms with E-state index in [1.807, 2.05) is 37.3 Å². The molecule has 8 nitrogen and oxygen atoms in total. The van der Waals surface area contributed by atoms with E-state index in [4.69, 9.17) is 9.90 Å². The second kappa shape index (κ2) is 11.7. The first-order valence-electron chi connectivity index (χ1n) is 12.8. The Kier molecular flexibility index (Phi) is 8.48. The Morgan fingerprint density at radius 2 is 1.75 bits per heavy atom. The molecule has 1 aromatic heterocycles. The molecule has 1 spiro atoms. The van der Waals surface area contributed by atoms with Crippen LogP contribution in [0.3, 0.4) is 0 Å². The van der Waals surface area contributed by atoms with Crippen molar-refractivity contribution in [1.29, 1.82) is 0 Å². The highest BCUT2D eigenvalue weighted by Gasteiger charge is 2.52. The Bertz CT molecular complexity index is 1330. The Morgan fingerprint density at radius 1 is 1.12 bits per heavy atom. The molecule has 4 N–H and O–H groups in total. The van der Waals surface area contributed by atoms with E-state index >= 15 is 0 Å². The number of rotatable bonds is 5. The zero-order valence-corrected chi connectivity index (χ0v) is 21.7. The number of hydrogen-bond acceptors (Lipinski definition) is 4. The lowest BCUT2D eigenvalue weighted by molar-refractivity contribution is -0.192. The third-order valence-corrected chi connectivity index (χ3v) is 7.53. The van der Waals surface area contributed by atoms with Crippen molar-refractivity contribution in [2.75, 3.05) is 26.2 Å². The number of carbonyl (C=O) groups excluding carboxylic acids is 2. The second-order valence-corrected chi connectivity index (χ2v) is 10.2. The summed E-state index contributed by atoms with van der Waals surface area (Å²) >= 11 is 0. The number of aromatic amines is 1. The number of alkyl halides is 3. The van der Waals surface area contributed by atoms with Crippen molar-refractivity contribution in [2.24, 2.45) is 5.41 Å². The number of amides is 2. The predicted molar refractivity (Wildman–Crippen MR) is 139 cm³/mol. The molecule has 214 valence electrons. The Morgan fingerprint density at radius 3 is 2.35 bits per heavy atom. The van der Waals surface area contributed by atoms with Crippen molar-refractivity contribution in [3.63, 3.8) is 0 Å². The first-order chi connectivity index (χ1) is 18.9. The van der Waals surface area contributed by atoms with Gasteiger partial charge in [0, 0.05) is 36.0 Å². The lowest BCUT2D eigenvalue weighted by atomic mass is 9.68. The quantitative estimate of drug-likeness (QED) is 0.351. The molecule has 2 unspecified atom stereocenters. The van der Waals surface area contributed by atoms with E-state index in [2.05, 4.69) is 20.5 Å². The van der Waals surface area contributed by atoms with Crippen LogP contribution in [0.15, 0.2) is 54.6 Å². The number of fused-ring (bicyclic) bond motifs is 1.